The van der Waals surface area contributed by atoms with Crippen molar-refractivity contribution in [3.05, 3.63) is 10.4 Å². The van der Waals surface area contributed by atoms with Crippen molar-refractivity contribution >= 4 is 0 Å². The Morgan fingerprint density at radius 3 is 1.43 bits per heavy atom. The van der Waals surface area contributed by atoms with Crippen LogP contribution in [0.25, 0.3) is 10.4 Å². The highest BCUT2D eigenvalue weighted by atomic mass is 19.4. The van der Waals surface area contributed by atoms with E-state index in [9.17, 15) is 65.9 Å². The second kappa shape index (κ2) is 8.42. The van der Waals surface area contributed by atoms with Crippen molar-refractivity contribution in [2.24, 2.45) is 5.11 Å². The van der Waals surface area contributed by atoms with Crippen LogP contribution in [0.15, 0.2) is 5.11 Å². The van der Waals surface area contributed by atoms with E-state index in [0.717, 1.165) is 0 Å². The Labute approximate surface area is 156 Å². The molecule has 0 aromatic rings. The molecule has 0 aliphatic heterocycles. The molecule has 0 aromatic carbocycles. The van der Waals surface area contributed by atoms with E-state index < -0.39 is 73.9 Å². The summed E-state index contributed by atoms with van der Waals surface area (Å²) < 4.78 is 194. The predicted octanol–water partition coefficient (Wildman–Crippen LogP) is 7.23. The van der Waals surface area contributed by atoms with Gasteiger partial charge in [0.25, 0.3) is 5.92 Å². The molecule has 0 bridgehead atoms. The molecule has 0 saturated carbocycles. The van der Waals surface area contributed by atoms with Crippen molar-refractivity contribution in [2.75, 3.05) is 6.54 Å². The van der Waals surface area contributed by atoms with Gasteiger partial charge in [-0.3, -0.25) is 0 Å². The first-order valence-corrected chi connectivity index (χ1v) is 7.36. The van der Waals surface area contributed by atoms with Crippen LogP contribution >= 0.6 is 0 Å². The van der Waals surface area contributed by atoms with Crippen LogP contribution < -0.4 is 0 Å². The van der Waals surface area contributed by atoms with Gasteiger partial charge in [0.2, 0.25) is 0 Å². The Bertz CT molecular complexity index is 633. The van der Waals surface area contributed by atoms with Crippen LogP contribution in [-0.4, -0.2) is 48.3 Å². The summed E-state index contributed by atoms with van der Waals surface area (Å²) in [6, 6.07) is 0. The summed E-state index contributed by atoms with van der Waals surface area (Å²) in [5.74, 6) is -43.7. The van der Waals surface area contributed by atoms with Gasteiger partial charge in [-0.1, -0.05) is 5.11 Å². The zero-order valence-corrected chi connectivity index (χ0v) is 14.0. The molecule has 18 heteroatoms. The van der Waals surface area contributed by atoms with Crippen LogP contribution in [0.4, 0.5) is 65.9 Å². The maximum Gasteiger partial charge on any atom is 0.460 e. The molecule has 0 heterocycles. The molecule has 0 aliphatic rings. The number of nitrogens with zero attached hydrogens (tertiary/aromatic N) is 3. The molecule has 0 aromatic heterocycles. The van der Waals surface area contributed by atoms with E-state index in [-0.39, 0.29) is 0 Å². The van der Waals surface area contributed by atoms with Crippen LogP contribution in [-0.2, 0) is 0 Å². The van der Waals surface area contributed by atoms with Crippen LogP contribution in [0, 0.1) is 0 Å². The van der Waals surface area contributed by atoms with Gasteiger partial charge in [0.1, 0.15) is 0 Å². The van der Waals surface area contributed by atoms with Crippen molar-refractivity contribution in [1.29, 1.82) is 0 Å². The predicted molar refractivity (Wildman–Crippen MR) is 68.2 cm³/mol. The second-order valence-electron chi connectivity index (χ2n) is 5.94. The number of hydrogen-bond donors (Lipinski definition) is 0. The van der Waals surface area contributed by atoms with Gasteiger partial charge in [0, 0.05) is 17.9 Å². The molecule has 3 nitrogen and oxygen atoms in total. The van der Waals surface area contributed by atoms with E-state index in [2.05, 4.69) is 10.0 Å². The van der Waals surface area contributed by atoms with E-state index in [1.54, 1.807) is 0 Å². The zero-order valence-electron chi connectivity index (χ0n) is 14.0. The highest BCUT2D eigenvalue weighted by Crippen LogP contribution is 2.61. The molecule has 178 valence electrons. The maximum atomic E-state index is 13.4. The minimum atomic E-state index is -8.13. The third-order valence-electron chi connectivity index (χ3n) is 3.59. The van der Waals surface area contributed by atoms with Gasteiger partial charge in [0.15, 0.2) is 0 Å². The number of azide groups is 1. The molecule has 0 radical (unpaired) electrons. The Hall–Kier alpha value is -1.74. The highest BCUT2D eigenvalue weighted by molar-refractivity contribution is 5.10. The molecule has 30 heavy (non-hydrogen) atoms. The largest absolute Gasteiger partial charge is 0.460 e. The molecule has 0 spiro atoms. The summed E-state index contributed by atoms with van der Waals surface area (Å²) >= 11 is 0. The summed E-state index contributed by atoms with van der Waals surface area (Å²) in [5, 5.41) is 2.83. The van der Waals surface area contributed by atoms with Crippen LogP contribution in [0.5, 0.6) is 0 Å². The van der Waals surface area contributed by atoms with Gasteiger partial charge in [-0.15, -0.1) is 0 Å². The molecule has 0 saturated heterocycles. The fourth-order valence-corrected chi connectivity index (χ4v) is 1.94. The standard InChI is InChI=1S/C12H10F15N3/c13-6(14,3-1-2-4-29-30-28)5-7(15,16)8(17,18)9(19,20)10(21,22)11(23,24)12(25,26)27/h1-5H2. The van der Waals surface area contributed by atoms with Gasteiger partial charge in [-0.25, -0.2) is 8.78 Å². The third kappa shape index (κ3) is 5.11. The first-order valence-electron chi connectivity index (χ1n) is 7.36. The molecule has 0 rings (SSSR count). The third-order valence-corrected chi connectivity index (χ3v) is 3.59. The number of hydrogen-bond acceptors (Lipinski definition) is 1. The summed E-state index contributed by atoms with van der Waals surface area (Å²) in [6.07, 6.45) is -14.1. The lowest BCUT2D eigenvalue weighted by Gasteiger charge is -2.40. The Kier molecular flexibility index (Phi) is 7.93. The van der Waals surface area contributed by atoms with Crippen molar-refractivity contribution in [3.63, 3.8) is 0 Å². The van der Waals surface area contributed by atoms with Crippen LogP contribution in [0.2, 0.25) is 0 Å². The first kappa shape index (κ1) is 28.3. The van der Waals surface area contributed by atoms with E-state index in [1.165, 1.54) is 0 Å². The quantitative estimate of drug-likeness (QED) is 0.0983. The highest BCUT2D eigenvalue weighted by Gasteiger charge is 2.90. The summed E-state index contributed by atoms with van der Waals surface area (Å²) in [6.45, 7) is -0.462. The van der Waals surface area contributed by atoms with Crippen molar-refractivity contribution in [3.8, 4) is 0 Å². The minimum Gasteiger partial charge on any atom is -0.207 e. The molecular weight excluding hydrogens is 471 g/mol. The topological polar surface area (TPSA) is 48.8 Å². The van der Waals surface area contributed by atoms with Crippen molar-refractivity contribution in [1.82, 2.24) is 0 Å². The zero-order chi connectivity index (χ0) is 24.4. The lowest BCUT2D eigenvalue weighted by Crippen LogP contribution is -2.70. The monoisotopic (exact) mass is 481 g/mol. The average Bonchev–Trinajstić information content (AvgIpc) is 2.51. The molecule has 0 N–H and O–H groups in total. The van der Waals surface area contributed by atoms with Gasteiger partial charge in [0.05, 0.1) is 6.42 Å². The lowest BCUT2D eigenvalue weighted by atomic mass is 9.90. The number of rotatable bonds is 11. The molecular formula is C12H10F15N3. The molecule has 0 atom stereocenters. The molecule has 0 amide bonds. The number of alkyl halides is 15. The summed E-state index contributed by atoms with van der Waals surface area (Å²) in [5.41, 5.74) is 7.89. The fourth-order valence-electron chi connectivity index (χ4n) is 1.94. The maximum absolute atomic E-state index is 13.4. The van der Waals surface area contributed by atoms with E-state index >= 15 is 0 Å². The Morgan fingerprint density at radius 2 is 1.03 bits per heavy atom. The minimum absolute atomic E-state index is 0.423. The number of halogens is 15. The van der Waals surface area contributed by atoms with Crippen molar-refractivity contribution < 1.29 is 65.9 Å². The molecule has 0 fully saturated rings. The van der Waals surface area contributed by atoms with Gasteiger partial charge in [-0.05, 0) is 18.4 Å². The van der Waals surface area contributed by atoms with Gasteiger partial charge < -0.3 is 0 Å². The lowest BCUT2D eigenvalue weighted by molar-refractivity contribution is -0.441. The van der Waals surface area contributed by atoms with Gasteiger partial charge >= 0.3 is 35.8 Å². The second-order valence-corrected chi connectivity index (χ2v) is 5.94. The Balaban J connectivity index is 5.81. The summed E-state index contributed by atoms with van der Waals surface area (Å²) in [7, 11) is 0. The first-order chi connectivity index (χ1) is 13.0. The summed E-state index contributed by atoms with van der Waals surface area (Å²) in [4.78, 5) is 2.17. The normalized spacial score (nSPS) is 15.2. The van der Waals surface area contributed by atoms with Crippen LogP contribution in [0.3, 0.4) is 0 Å². The van der Waals surface area contributed by atoms with Crippen LogP contribution in [0.1, 0.15) is 25.7 Å². The van der Waals surface area contributed by atoms with Gasteiger partial charge in [-0.2, -0.15) is 57.1 Å². The molecule has 0 aliphatic carbocycles. The SMILES string of the molecule is [N-]=[N+]=NCCCCC(F)(F)CC(F)(F)C(F)(F)C(F)(F)C(F)(F)C(F)(F)C(F)(F)F. The fraction of sp³-hybridized carbons (Fsp3) is 1.00. The average molecular weight is 481 g/mol. The number of unbranched alkanes of at least 4 members (excludes halogenated alkanes) is 1. The van der Waals surface area contributed by atoms with Crippen molar-refractivity contribution in [2.45, 2.75) is 67.4 Å². The smallest absolute Gasteiger partial charge is 0.207 e. The van der Waals surface area contributed by atoms with E-state index in [4.69, 9.17) is 5.53 Å². The van der Waals surface area contributed by atoms with E-state index in [0.29, 0.717) is 0 Å². The molecule has 0 unspecified atom stereocenters. The Morgan fingerprint density at radius 1 is 0.600 bits per heavy atom. The van der Waals surface area contributed by atoms with E-state index in [1.807, 2.05) is 0 Å².